The number of pyridine rings is 1. The second-order valence-corrected chi connectivity index (χ2v) is 4.60. The Balaban J connectivity index is 2.17. The van der Waals surface area contributed by atoms with E-state index in [-0.39, 0.29) is 29.5 Å². The Morgan fingerprint density at radius 1 is 1.38 bits per heavy atom. The van der Waals surface area contributed by atoms with Gasteiger partial charge in [-0.05, 0) is 18.2 Å². The number of rotatable bonds is 2. The molecule has 21 heavy (non-hydrogen) atoms. The maximum atomic E-state index is 11.8. The molecule has 0 spiro atoms. The van der Waals surface area contributed by atoms with Crippen LogP contribution in [0.4, 0.5) is 22.9 Å². The van der Waals surface area contributed by atoms with Crippen molar-refractivity contribution in [2.45, 2.75) is 0 Å². The van der Waals surface area contributed by atoms with E-state index >= 15 is 0 Å². The summed E-state index contributed by atoms with van der Waals surface area (Å²) in [6.07, 6.45) is 1.37. The van der Waals surface area contributed by atoms with Gasteiger partial charge in [0.25, 0.3) is 0 Å². The lowest BCUT2D eigenvalue weighted by atomic mass is 10.1. The Bertz CT molecular complexity index is 745. The summed E-state index contributed by atoms with van der Waals surface area (Å²) < 4.78 is 0. The van der Waals surface area contributed by atoms with Gasteiger partial charge in [0, 0.05) is 0 Å². The van der Waals surface area contributed by atoms with Gasteiger partial charge in [-0.3, -0.25) is 4.79 Å². The highest BCUT2D eigenvalue weighted by Gasteiger charge is 2.27. The standard InChI is InChI=1S/C14H12N4O3/c15-8-5-9(14(20)21)13(16-6-8)18-7-12(19)17-10-3-1-2-4-11(10)18/h1-6H,7,15H2,(H,17,19)(H,20,21). The SMILES string of the molecule is Nc1cnc(N2CC(=O)Nc3ccccc32)c(C(=O)O)c1. The van der Waals surface area contributed by atoms with E-state index in [1.807, 2.05) is 0 Å². The Kier molecular flexibility index (Phi) is 2.94. The van der Waals surface area contributed by atoms with Crippen molar-refractivity contribution in [2.75, 3.05) is 22.5 Å². The Labute approximate surface area is 120 Å². The molecular weight excluding hydrogens is 272 g/mol. The van der Waals surface area contributed by atoms with Crippen molar-refractivity contribution in [2.24, 2.45) is 0 Å². The smallest absolute Gasteiger partial charge is 0.339 e. The van der Waals surface area contributed by atoms with Gasteiger partial charge in [-0.25, -0.2) is 9.78 Å². The highest BCUT2D eigenvalue weighted by Crippen LogP contribution is 2.35. The molecule has 0 radical (unpaired) electrons. The predicted molar refractivity (Wildman–Crippen MR) is 77.7 cm³/mol. The topological polar surface area (TPSA) is 109 Å². The van der Waals surface area contributed by atoms with Crippen molar-refractivity contribution in [3.8, 4) is 0 Å². The number of carbonyl (C=O) groups excluding carboxylic acids is 1. The Hall–Kier alpha value is -3.09. The lowest BCUT2D eigenvalue weighted by Crippen LogP contribution is -2.36. The number of anilines is 4. The molecule has 4 N–H and O–H groups in total. The van der Waals surface area contributed by atoms with Crippen LogP contribution >= 0.6 is 0 Å². The molecule has 0 bridgehead atoms. The average Bonchev–Trinajstić information content (AvgIpc) is 2.46. The first-order valence-corrected chi connectivity index (χ1v) is 6.21. The number of hydrogen-bond donors (Lipinski definition) is 3. The van der Waals surface area contributed by atoms with Gasteiger partial charge in [-0.2, -0.15) is 0 Å². The van der Waals surface area contributed by atoms with E-state index in [2.05, 4.69) is 10.3 Å². The van der Waals surface area contributed by atoms with E-state index in [4.69, 9.17) is 5.73 Å². The van der Waals surface area contributed by atoms with Crippen LogP contribution in [0.3, 0.4) is 0 Å². The van der Waals surface area contributed by atoms with Crippen LogP contribution in [0.25, 0.3) is 0 Å². The fraction of sp³-hybridized carbons (Fsp3) is 0.0714. The van der Waals surface area contributed by atoms with E-state index in [1.54, 1.807) is 29.2 Å². The minimum absolute atomic E-state index is 0.00574. The van der Waals surface area contributed by atoms with Crippen molar-refractivity contribution in [3.63, 3.8) is 0 Å². The van der Waals surface area contributed by atoms with Crippen molar-refractivity contribution in [1.29, 1.82) is 0 Å². The summed E-state index contributed by atoms with van der Waals surface area (Å²) >= 11 is 0. The van der Waals surface area contributed by atoms with Gasteiger partial charge in [0.2, 0.25) is 5.91 Å². The van der Waals surface area contributed by atoms with Gasteiger partial charge in [-0.1, -0.05) is 12.1 Å². The van der Waals surface area contributed by atoms with Crippen LogP contribution in [0.2, 0.25) is 0 Å². The first-order valence-electron chi connectivity index (χ1n) is 6.21. The zero-order valence-electron chi connectivity index (χ0n) is 10.9. The maximum absolute atomic E-state index is 11.8. The number of fused-ring (bicyclic) bond motifs is 1. The number of para-hydroxylation sites is 2. The van der Waals surface area contributed by atoms with Gasteiger partial charge in [0.1, 0.15) is 17.9 Å². The number of amides is 1. The molecule has 1 amide bonds. The van der Waals surface area contributed by atoms with Crippen LogP contribution in [0.15, 0.2) is 36.5 Å². The Morgan fingerprint density at radius 3 is 2.90 bits per heavy atom. The quantitative estimate of drug-likeness (QED) is 0.770. The molecule has 0 unspecified atom stereocenters. The highest BCUT2D eigenvalue weighted by atomic mass is 16.4. The molecule has 0 aliphatic carbocycles. The number of aromatic carboxylic acids is 1. The van der Waals surface area contributed by atoms with Crippen LogP contribution in [0, 0.1) is 0 Å². The lowest BCUT2D eigenvalue weighted by Gasteiger charge is -2.30. The summed E-state index contributed by atoms with van der Waals surface area (Å²) in [4.78, 5) is 28.9. The van der Waals surface area contributed by atoms with Crippen molar-refractivity contribution in [1.82, 2.24) is 4.98 Å². The average molecular weight is 284 g/mol. The number of nitrogens with two attached hydrogens (primary N) is 1. The van der Waals surface area contributed by atoms with Gasteiger partial charge in [0.05, 0.1) is 23.3 Å². The predicted octanol–water partition coefficient (Wildman–Crippen LogP) is 1.45. The molecule has 1 aliphatic rings. The fourth-order valence-electron chi connectivity index (χ4n) is 2.27. The van der Waals surface area contributed by atoms with Gasteiger partial charge >= 0.3 is 5.97 Å². The van der Waals surface area contributed by atoms with Crippen LogP contribution in [-0.2, 0) is 4.79 Å². The molecule has 2 heterocycles. The van der Waals surface area contributed by atoms with Gasteiger partial charge in [0.15, 0.2) is 0 Å². The Morgan fingerprint density at radius 2 is 2.14 bits per heavy atom. The molecule has 106 valence electrons. The number of carboxylic acids is 1. The summed E-state index contributed by atoms with van der Waals surface area (Å²) in [5.41, 5.74) is 7.11. The van der Waals surface area contributed by atoms with Crippen LogP contribution in [0.1, 0.15) is 10.4 Å². The number of nitrogens with zero attached hydrogens (tertiary/aromatic N) is 2. The van der Waals surface area contributed by atoms with Crippen LogP contribution < -0.4 is 16.0 Å². The monoisotopic (exact) mass is 284 g/mol. The second-order valence-electron chi connectivity index (χ2n) is 4.60. The molecule has 1 aliphatic heterocycles. The third kappa shape index (κ3) is 2.25. The van der Waals surface area contributed by atoms with Crippen molar-refractivity contribution < 1.29 is 14.7 Å². The van der Waals surface area contributed by atoms with Crippen LogP contribution in [-0.4, -0.2) is 28.5 Å². The molecule has 1 aromatic carbocycles. The molecule has 0 saturated carbocycles. The van der Waals surface area contributed by atoms with Crippen molar-refractivity contribution >= 4 is 34.8 Å². The number of hydrogen-bond acceptors (Lipinski definition) is 5. The number of aromatic nitrogens is 1. The van der Waals surface area contributed by atoms with Gasteiger partial charge < -0.3 is 21.1 Å². The number of carboxylic acid groups (broad SMARTS) is 1. The number of nitrogens with one attached hydrogen (secondary N) is 1. The summed E-state index contributed by atoms with van der Waals surface area (Å²) in [5.74, 6) is -1.18. The molecule has 1 aromatic heterocycles. The first kappa shape index (κ1) is 12.9. The van der Waals surface area contributed by atoms with Gasteiger partial charge in [-0.15, -0.1) is 0 Å². The zero-order chi connectivity index (χ0) is 15.0. The van der Waals surface area contributed by atoms with E-state index in [0.717, 1.165) is 0 Å². The summed E-state index contributed by atoms with van der Waals surface area (Å²) in [5, 5.41) is 12.1. The molecular formula is C14H12N4O3. The largest absolute Gasteiger partial charge is 0.478 e. The second kappa shape index (κ2) is 4.78. The third-order valence-corrected chi connectivity index (χ3v) is 3.14. The summed E-state index contributed by atoms with van der Waals surface area (Å²) in [6, 6.07) is 8.47. The highest BCUT2D eigenvalue weighted by molar-refractivity contribution is 6.05. The molecule has 0 atom stereocenters. The molecule has 2 aromatic rings. The molecule has 3 rings (SSSR count). The maximum Gasteiger partial charge on any atom is 0.339 e. The third-order valence-electron chi connectivity index (χ3n) is 3.14. The number of nitrogen functional groups attached to an aromatic ring is 1. The molecule has 0 saturated heterocycles. The van der Waals surface area contributed by atoms with E-state index in [9.17, 15) is 14.7 Å². The molecule has 7 nitrogen and oxygen atoms in total. The molecule has 7 heteroatoms. The summed E-state index contributed by atoms with van der Waals surface area (Å²) in [6.45, 7) is -0.00574. The summed E-state index contributed by atoms with van der Waals surface area (Å²) in [7, 11) is 0. The van der Waals surface area contributed by atoms with E-state index in [1.165, 1.54) is 12.3 Å². The van der Waals surface area contributed by atoms with E-state index in [0.29, 0.717) is 11.4 Å². The normalized spacial score (nSPS) is 13.5. The minimum atomic E-state index is -1.15. The fourth-order valence-corrected chi connectivity index (χ4v) is 2.27. The number of benzene rings is 1. The van der Waals surface area contributed by atoms with Crippen LogP contribution in [0.5, 0.6) is 0 Å². The zero-order valence-corrected chi connectivity index (χ0v) is 10.9. The first-order chi connectivity index (χ1) is 10.1. The number of carbonyl (C=O) groups is 2. The minimum Gasteiger partial charge on any atom is -0.478 e. The van der Waals surface area contributed by atoms with Crippen molar-refractivity contribution in [3.05, 3.63) is 42.1 Å². The van der Waals surface area contributed by atoms with E-state index < -0.39 is 5.97 Å². The lowest BCUT2D eigenvalue weighted by molar-refractivity contribution is -0.115. The molecule has 0 fully saturated rings.